The number of carboxylic acids is 1. The fourth-order valence-corrected chi connectivity index (χ4v) is 6.99. The molecule has 3 N–H and O–H groups in total. The molecular weight excluding hydrogens is 578 g/mol. The van der Waals surface area contributed by atoms with E-state index in [0.717, 1.165) is 25.7 Å². The zero-order chi connectivity index (χ0) is 32.0. The Labute approximate surface area is 255 Å². The van der Waals surface area contributed by atoms with Gasteiger partial charge in [-0.2, -0.15) is 17.0 Å². The smallest absolute Gasteiger partial charge is 0.407 e. The molecule has 0 aromatic rings. The molecule has 0 aromatic carbocycles. The Kier molecular flexibility index (Phi) is 11.6. The van der Waals surface area contributed by atoms with Crippen molar-refractivity contribution in [3.05, 3.63) is 12.2 Å². The van der Waals surface area contributed by atoms with Crippen molar-refractivity contribution >= 4 is 34.1 Å². The molecule has 43 heavy (non-hydrogen) atoms. The third kappa shape index (κ3) is 8.69. The van der Waals surface area contributed by atoms with Crippen molar-refractivity contribution in [1.29, 1.82) is 0 Å². The number of carbonyl (C=O) groups excluding carboxylic acids is 3. The quantitative estimate of drug-likeness (QED) is 0.206. The second-order valence-corrected chi connectivity index (χ2v) is 14.9. The number of hydrogen-bond acceptors (Lipinski definition) is 7. The minimum absolute atomic E-state index is 0.0217. The molecule has 244 valence electrons. The Morgan fingerprint density at radius 1 is 1.12 bits per heavy atom. The summed E-state index contributed by atoms with van der Waals surface area (Å²) in [5.41, 5.74) is -1.95. The highest BCUT2D eigenvalue weighted by Gasteiger charge is 2.61. The van der Waals surface area contributed by atoms with Crippen LogP contribution in [0.3, 0.4) is 0 Å². The van der Waals surface area contributed by atoms with Crippen molar-refractivity contribution in [1.82, 2.24) is 24.1 Å². The highest BCUT2D eigenvalue weighted by Crippen LogP contribution is 2.45. The normalized spacial score (nSPS) is 26.7. The Bertz CT molecular complexity index is 1170. The first-order valence-electron chi connectivity index (χ1n) is 15.3. The van der Waals surface area contributed by atoms with Gasteiger partial charge in [-0.15, -0.1) is 0 Å². The minimum atomic E-state index is -3.65. The Morgan fingerprint density at radius 3 is 2.49 bits per heavy atom. The lowest BCUT2D eigenvalue weighted by atomic mass is 9.89. The van der Waals surface area contributed by atoms with Gasteiger partial charge in [0.15, 0.2) is 0 Å². The fourth-order valence-electron chi connectivity index (χ4n) is 5.55. The number of rotatable bonds is 13. The number of nitrogens with zero attached hydrogens (tertiary/aromatic N) is 3. The van der Waals surface area contributed by atoms with E-state index in [1.165, 1.54) is 20.6 Å². The van der Waals surface area contributed by atoms with Gasteiger partial charge in [0.05, 0.1) is 6.54 Å². The molecule has 1 aliphatic carbocycles. The average Bonchev–Trinajstić information content (AvgIpc) is 3.39. The molecule has 0 spiro atoms. The summed E-state index contributed by atoms with van der Waals surface area (Å²) in [6.45, 7) is 8.22. The Hall–Kier alpha value is -2.71. The van der Waals surface area contributed by atoms with Crippen molar-refractivity contribution in [2.75, 3.05) is 39.8 Å². The van der Waals surface area contributed by atoms with Gasteiger partial charge in [0.2, 0.25) is 11.8 Å². The van der Waals surface area contributed by atoms with Gasteiger partial charge < -0.3 is 25.4 Å². The van der Waals surface area contributed by atoms with Gasteiger partial charge in [-0.25, -0.2) is 9.59 Å². The molecule has 3 aliphatic rings. The van der Waals surface area contributed by atoms with Gasteiger partial charge in [0, 0.05) is 38.0 Å². The maximum absolute atomic E-state index is 13.2. The first-order valence-corrected chi connectivity index (χ1v) is 16.7. The molecule has 13 nitrogen and oxygen atoms in total. The van der Waals surface area contributed by atoms with Crippen molar-refractivity contribution in [3.63, 3.8) is 0 Å². The van der Waals surface area contributed by atoms with Crippen LogP contribution in [0, 0.1) is 11.3 Å². The zero-order valence-electron chi connectivity index (χ0n) is 26.1. The van der Waals surface area contributed by atoms with Crippen LogP contribution in [0.2, 0.25) is 0 Å². The molecule has 0 bridgehead atoms. The third-order valence-corrected chi connectivity index (χ3v) is 10.5. The molecule has 2 heterocycles. The predicted molar refractivity (Wildman–Crippen MR) is 160 cm³/mol. The summed E-state index contributed by atoms with van der Waals surface area (Å²) in [4.78, 5) is 52.4. The van der Waals surface area contributed by atoms with E-state index in [4.69, 9.17) is 4.74 Å². The van der Waals surface area contributed by atoms with E-state index in [1.54, 1.807) is 0 Å². The van der Waals surface area contributed by atoms with Crippen LogP contribution >= 0.6 is 0 Å². The number of unbranched alkanes of at least 4 members (excludes halogenated alkanes) is 3. The molecule has 2 saturated heterocycles. The highest BCUT2D eigenvalue weighted by molar-refractivity contribution is 7.86. The van der Waals surface area contributed by atoms with E-state index in [-0.39, 0.29) is 12.5 Å². The van der Waals surface area contributed by atoms with Crippen molar-refractivity contribution < 1.29 is 37.4 Å². The average molecular weight is 628 g/mol. The number of ether oxygens (including phenoxy) is 1. The number of hydrogen-bond donors (Lipinski definition) is 3. The molecule has 3 amide bonds. The largest absolute Gasteiger partial charge is 0.479 e. The van der Waals surface area contributed by atoms with Gasteiger partial charge >= 0.3 is 12.1 Å². The second-order valence-electron chi connectivity index (χ2n) is 12.9. The lowest BCUT2D eigenvalue weighted by Crippen LogP contribution is -2.54. The lowest BCUT2D eigenvalue weighted by Gasteiger charge is -2.38. The Balaban J connectivity index is 1.54. The zero-order valence-corrected chi connectivity index (χ0v) is 27.0. The van der Waals surface area contributed by atoms with Gasteiger partial charge in [-0.1, -0.05) is 52.7 Å². The van der Waals surface area contributed by atoms with Crippen LogP contribution in [0.25, 0.3) is 0 Å². The third-order valence-electron chi connectivity index (χ3n) is 8.53. The number of allylic oxidation sites excluding steroid dienone is 1. The van der Waals surface area contributed by atoms with E-state index in [1.807, 2.05) is 32.9 Å². The van der Waals surface area contributed by atoms with Gasteiger partial charge in [-0.3, -0.25) is 9.59 Å². The summed E-state index contributed by atoms with van der Waals surface area (Å²) >= 11 is 0. The first-order chi connectivity index (χ1) is 20.1. The number of alkyl carbamates (subject to hydrolysis) is 1. The van der Waals surface area contributed by atoms with Crippen LogP contribution in [0.15, 0.2) is 12.2 Å². The summed E-state index contributed by atoms with van der Waals surface area (Å²) in [7, 11) is -2.15. The number of amides is 3. The molecule has 4 atom stereocenters. The number of likely N-dealkylation sites (tertiary alicyclic amines) is 1. The van der Waals surface area contributed by atoms with Crippen LogP contribution < -0.4 is 10.6 Å². The van der Waals surface area contributed by atoms with Crippen molar-refractivity contribution in [2.45, 2.75) is 96.7 Å². The van der Waals surface area contributed by atoms with E-state index < -0.39 is 63.7 Å². The van der Waals surface area contributed by atoms with Gasteiger partial charge in [0.1, 0.15) is 24.2 Å². The van der Waals surface area contributed by atoms with Crippen LogP contribution in [-0.2, 0) is 29.3 Å². The van der Waals surface area contributed by atoms with Crippen LogP contribution in [-0.4, -0.2) is 108 Å². The number of carbonyl (C=O) groups is 4. The lowest BCUT2D eigenvalue weighted by molar-refractivity contribution is -0.145. The SMILES string of the molecule is CCCCC/C=C\C1C[C@]1(NC(=O)[C@@H]1CCCN1C(=O)CNC(=O)OC(CN1CCCN(C)S1(=O)=O)C(C)(C)C)C(=O)O. The summed E-state index contributed by atoms with van der Waals surface area (Å²) in [6.07, 6.45) is 8.19. The summed E-state index contributed by atoms with van der Waals surface area (Å²) in [6, 6.07) is -0.833. The molecule has 3 fully saturated rings. The van der Waals surface area contributed by atoms with E-state index in [0.29, 0.717) is 45.3 Å². The van der Waals surface area contributed by atoms with E-state index >= 15 is 0 Å². The van der Waals surface area contributed by atoms with Crippen LogP contribution in [0.1, 0.15) is 79.1 Å². The monoisotopic (exact) mass is 627 g/mol. The standard InChI is InChI=1S/C29H49N5O8S/c1-6-7-8-9-10-13-21-18-29(21,26(37)38)31-25(36)22-14-11-17-34(22)24(35)19-30-27(39)42-23(28(2,3)4)20-33-16-12-15-32(5)43(33,40)41/h10,13,21-23H,6-9,11-12,14-20H2,1-5H3,(H,30,39)(H,31,36)(H,37,38)/b13-10-/t21?,22-,23?,29+/m0/s1. The maximum atomic E-state index is 13.2. The molecular formula is C29H49N5O8S. The number of nitrogens with one attached hydrogen (secondary N) is 2. The van der Waals surface area contributed by atoms with E-state index in [2.05, 4.69) is 17.6 Å². The topological polar surface area (TPSA) is 166 Å². The molecule has 3 rings (SSSR count). The van der Waals surface area contributed by atoms with Crippen LogP contribution in [0.5, 0.6) is 0 Å². The van der Waals surface area contributed by atoms with Gasteiger partial charge in [0.25, 0.3) is 10.2 Å². The van der Waals surface area contributed by atoms with E-state index in [9.17, 15) is 32.7 Å². The molecule has 2 aliphatic heterocycles. The molecule has 0 aromatic heterocycles. The second kappa shape index (κ2) is 14.4. The molecule has 14 heteroatoms. The fraction of sp³-hybridized carbons (Fsp3) is 0.793. The number of aliphatic carboxylic acids is 1. The van der Waals surface area contributed by atoms with Crippen molar-refractivity contribution in [2.24, 2.45) is 11.3 Å². The van der Waals surface area contributed by atoms with Crippen LogP contribution in [0.4, 0.5) is 4.79 Å². The minimum Gasteiger partial charge on any atom is -0.479 e. The van der Waals surface area contributed by atoms with Gasteiger partial charge in [-0.05, 0) is 38.5 Å². The molecule has 0 radical (unpaired) electrons. The maximum Gasteiger partial charge on any atom is 0.407 e. The summed E-state index contributed by atoms with van der Waals surface area (Å²) in [5.74, 6) is -2.40. The first kappa shape index (κ1) is 34.8. The predicted octanol–water partition coefficient (Wildman–Crippen LogP) is 2.10. The molecule has 2 unspecified atom stereocenters. The van der Waals surface area contributed by atoms with Crippen molar-refractivity contribution in [3.8, 4) is 0 Å². The number of carboxylic acid groups (broad SMARTS) is 1. The molecule has 1 saturated carbocycles. The summed E-state index contributed by atoms with van der Waals surface area (Å²) in [5, 5.41) is 15.0. The highest BCUT2D eigenvalue weighted by atomic mass is 32.2. The summed E-state index contributed by atoms with van der Waals surface area (Å²) < 4.78 is 33.6. The Morgan fingerprint density at radius 2 is 1.84 bits per heavy atom.